The van der Waals surface area contributed by atoms with Gasteiger partial charge >= 0.3 is 0 Å². The first-order chi connectivity index (χ1) is 8.63. The van der Waals surface area contributed by atoms with Crippen molar-refractivity contribution >= 4 is 27.7 Å². The molecule has 6 heteroatoms. The number of rotatable bonds is 2. The fourth-order valence-corrected chi connectivity index (χ4v) is 2.51. The van der Waals surface area contributed by atoms with Gasteiger partial charge in [-0.1, -0.05) is 0 Å². The summed E-state index contributed by atoms with van der Waals surface area (Å²) >= 11 is 3.28. The Kier molecular flexibility index (Phi) is 3.96. The number of likely N-dealkylation sites (N-methyl/N-ethyl adjacent to an activating group) is 1. The van der Waals surface area contributed by atoms with E-state index in [2.05, 4.69) is 26.2 Å². The van der Waals surface area contributed by atoms with Crippen molar-refractivity contribution < 1.29 is 9.59 Å². The van der Waals surface area contributed by atoms with Gasteiger partial charge < -0.3 is 10.2 Å². The fraction of sp³-hybridized carbons (Fsp3) is 0.417. The minimum Gasteiger partial charge on any atom is -0.357 e. The first-order valence-corrected chi connectivity index (χ1v) is 6.56. The first-order valence-electron chi connectivity index (χ1n) is 5.76. The lowest BCUT2D eigenvalue weighted by Crippen LogP contribution is -2.44. The molecule has 1 aliphatic rings. The van der Waals surface area contributed by atoms with E-state index in [0.29, 0.717) is 18.5 Å². The van der Waals surface area contributed by atoms with Crippen LogP contribution in [-0.2, 0) is 4.79 Å². The van der Waals surface area contributed by atoms with Crippen LogP contribution in [0.1, 0.15) is 23.2 Å². The van der Waals surface area contributed by atoms with Crippen LogP contribution in [0.4, 0.5) is 0 Å². The first kappa shape index (κ1) is 13.0. The zero-order valence-corrected chi connectivity index (χ0v) is 11.6. The zero-order valence-electron chi connectivity index (χ0n) is 10.0. The van der Waals surface area contributed by atoms with Crippen LogP contribution in [0.15, 0.2) is 22.9 Å². The number of amides is 2. The smallest absolute Gasteiger partial charge is 0.256 e. The summed E-state index contributed by atoms with van der Waals surface area (Å²) in [7, 11) is 1.59. The molecule has 0 aliphatic carbocycles. The Labute approximate surface area is 114 Å². The second-order valence-electron chi connectivity index (χ2n) is 4.16. The van der Waals surface area contributed by atoms with Crippen LogP contribution in [-0.4, -0.2) is 41.3 Å². The van der Waals surface area contributed by atoms with Crippen molar-refractivity contribution in [3.8, 4) is 0 Å². The van der Waals surface area contributed by atoms with Crippen molar-refractivity contribution in [2.24, 2.45) is 0 Å². The normalized spacial score (nSPS) is 18.8. The molecule has 0 saturated carbocycles. The van der Waals surface area contributed by atoms with E-state index >= 15 is 0 Å². The number of halogens is 1. The molecule has 2 heterocycles. The molecule has 1 aromatic heterocycles. The van der Waals surface area contributed by atoms with Crippen LogP contribution < -0.4 is 5.32 Å². The van der Waals surface area contributed by atoms with Gasteiger partial charge in [0.15, 0.2) is 0 Å². The summed E-state index contributed by atoms with van der Waals surface area (Å²) in [6.45, 7) is 0.615. The van der Waals surface area contributed by atoms with Crippen molar-refractivity contribution in [1.29, 1.82) is 0 Å². The van der Waals surface area contributed by atoms with E-state index in [1.54, 1.807) is 24.2 Å². The van der Waals surface area contributed by atoms with Gasteiger partial charge in [-0.3, -0.25) is 14.6 Å². The third-order valence-electron chi connectivity index (χ3n) is 3.01. The number of nitrogens with one attached hydrogen (secondary N) is 1. The number of hydrogen-bond acceptors (Lipinski definition) is 3. The van der Waals surface area contributed by atoms with E-state index in [-0.39, 0.29) is 17.9 Å². The molecular weight excluding hydrogens is 298 g/mol. The van der Waals surface area contributed by atoms with Gasteiger partial charge in [0.1, 0.15) is 6.04 Å². The molecule has 0 spiro atoms. The molecule has 0 radical (unpaired) electrons. The Morgan fingerprint density at radius 3 is 2.94 bits per heavy atom. The van der Waals surface area contributed by atoms with Crippen LogP contribution in [0.25, 0.3) is 0 Å². The van der Waals surface area contributed by atoms with Crippen molar-refractivity contribution in [2.45, 2.75) is 18.9 Å². The molecule has 1 fully saturated rings. The lowest BCUT2D eigenvalue weighted by atomic mass is 10.2. The zero-order chi connectivity index (χ0) is 13.1. The summed E-state index contributed by atoms with van der Waals surface area (Å²) in [5.41, 5.74) is 0.500. The molecule has 2 rings (SSSR count). The van der Waals surface area contributed by atoms with Crippen molar-refractivity contribution in [3.05, 3.63) is 28.5 Å². The van der Waals surface area contributed by atoms with E-state index in [9.17, 15) is 9.59 Å². The Bertz CT molecular complexity index is 478. The predicted octanol–water partition coefficient (Wildman–Crippen LogP) is 1.19. The summed E-state index contributed by atoms with van der Waals surface area (Å²) in [5, 5.41) is 2.60. The van der Waals surface area contributed by atoms with Gasteiger partial charge in [0, 0.05) is 30.5 Å². The molecule has 18 heavy (non-hydrogen) atoms. The summed E-state index contributed by atoms with van der Waals surface area (Å²) in [6.07, 6.45) is 4.71. The highest BCUT2D eigenvalue weighted by atomic mass is 79.9. The Hall–Kier alpha value is -1.43. The number of aromatic nitrogens is 1. The van der Waals surface area contributed by atoms with E-state index in [1.807, 2.05) is 0 Å². The van der Waals surface area contributed by atoms with Gasteiger partial charge in [0.25, 0.3) is 5.91 Å². The maximum absolute atomic E-state index is 12.3. The van der Waals surface area contributed by atoms with Gasteiger partial charge in [-0.15, -0.1) is 0 Å². The average Bonchev–Trinajstić information content (AvgIpc) is 2.86. The SMILES string of the molecule is CNC(=O)C1CCCN1C(=O)c1cncc(Br)c1. The Morgan fingerprint density at radius 1 is 1.50 bits per heavy atom. The van der Waals surface area contributed by atoms with E-state index < -0.39 is 0 Å². The number of carbonyl (C=O) groups excluding carboxylic acids is 2. The van der Waals surface area contributed by atoms with Crippen molar-refractivity contribution in [1.82, 2.24) is 15.2 Å². The molecule has 2 amide bonds. The van der Waals surface area contributed by atoms with E-state index in [0.717, 1.165) is 10.9 Å². The van der Waals surface area contributed by atoms with Gasteiger partial charge in [0.2, 0.25) is 5.91 Å². The molecule has 0 aromatic carbocycles. The molecule has 5 nitrogen and oxygen atoms in total. The largest absolute Gasteiger partial charge is 0.357 e. The second kappa shape index (κ2) is 5.48. The lowest BCUT2D eigenvalue weighted by Gasteiger charge is -2.23. The minimum atomic E-state index is -0.360. The minimum absolute atomic E-state index is 0.108. The highest BCUT2D eigenvalue weighted by Gasteiger charge is 2.34. The van der Waals surface area contributed by atoms with Crippen LogP contribution in [0, 0.1) is 0 Å². The summed E-state index contributed by atoms with van der Waals surface area (Å²) in [5.74, 6) is -0.251. The summed E-state index contributed by atoms with van der Waals surface area (Å²) < 4.78 is 0.754. The van der Waals surface area contributed by atoms with Gasteiger partial charge in [-0.2, -0.15) is 0 Å². The van der Waals surface area contributed by atoms with Gasteiger partial charge in [-0.25, -0.2) is 0 Å². The Morgan fingerprint density at radius 2 is 2.28 bits per heavy atom. The molecular formula is C12H14BrN3O2. The Balaban J connectivity index is 2.20. The number of nitrogens with zero attached hydrogens (tertiary/aromatic N) is 2. The standard InChI is InChI=1S/C12H14BrN3O2/c1-14-11(17)10-3-2-4-16(10)12(18)8-5-9(13)7-15-6-8/h5-7,10H,2-4H2,1H3,(H,14,17). The van der Waals surface area contributed by atoms with Crippen LogP contribution in [0.3, 0.4) is 0 Å². The molecule has 96 valence electrons. The predicted molar refractivity (Wildman–Crippen MR) is 70.1 cm³/mol. The quantitative estimate of drug-likeness (QED) is 0.892. The van der Waals surface area contributed by atoms with Crippen molar-refractivity contribution in [2.75, 3.05) is 13.6 Å². The average molecular weight is 312 g/mol. The molecule has 1 aliphatic heterocycles. The number of pyridine rings is 1. The summed E-state index contributed by atoms with van der Waals surface area (Å²) in [6, 6.07) is 1.36. The highest BCUT2D eigenvalue weighted by molar-refractivity contribution is 9.10. The second-order valence-corrected chi connectivity index (χ2v) is 5.08. The molecule has 1 atom stereocenters. The topological polar surface area (TPSA) is 62.3 Å². The monoisotopic (exact) mass is 311 g/mol. The van der Waals surface area contributed by atoms with Gasteiger partial charge in [-0.05, 0) is 34.8 Å². The van der Waals surface area contributed by atoms with Crippen LogP contribution in [0.5, 0.6) is 0 Å². The maximum Gasteiger partial charge on any atom is 0.256 e. The van der Waals surface area contributed by atoms with Gasteiger partial charge in [0.05, 0.1) is 5.56 Å². The number of hydrogen-bond donors (Lipinski definition) is 1. The summed E-state index contributed by atoms with van der Waals surface area (Å²) in [4.78, 5) is 29.6. The molecule has 1 aromatic rings. The number of carbonyl (C=O) groups is 2. The molecule has 0 bridgehead atoms. The molecule has 1 N–H and O–H groups in total. The molecule has 1 saturated heterocycles. The van der Waals surface area contributed by atoms with Crippen LogP contribution in [0.2, 0.25) is 0 Å². The maximum atomic E-state index is 12.3. The molecule has 1 unspecified atom stereocenters. The third-order valence-corrected chi connectivity index (χ3v) is 3.45. The number of likely N-dealkylation sites (tertiary alicyclic amines) is 1. The lowest BCUT2D eigenvalue weighted by molar-refractivity contribution is -0.124. The fourth-order valence-electron chi connectivity index (χ4n) is 2.14. The van der Waals surface area contributed by atoms with Crippen LogP contribution >= 0.6 is 15.9 Å². The highest BCUT2D eigenvalue weighted by Crippen LogP contribution is 2.21. The third kappa shape index (κ3) is 2.53. The van der Waals surface area contributed by atoms with Crippen molar-refractivity contribution in [3.63, 3.8) is 0 Å². The van der Waals surface area contributed by atoms with E-state index in [4.69, 9.17) is 0 Å². The van der Waals surface area contributed by atoms with E-state index in [1.165, 1.54) is 6.20 Å².